The monoisotopic (exact) mass is 734 g/mol. The van der Waals surface area contributed by atoms with Crippen molar-refractivity contribution in [1.29, 1.82) is 0 Å². The summed E-state index contributed by atoms with van der Waals surface area (Å²) < 4.78 is 17.0. The summed E-state index contributed by atoms with van der Waals surface area (Å²) in [5.41, 5.74) is 3.64. The molecule has 8 nitrogen and oxygen atoms in total. The van der Waals surface area contributed by atoms with Crippen LogP contribution in [0.3, 0.4) is 0 Å². The molecule has 278 valence electrons. The highest BCUT2D eigenvalue weighted by Gasteiger charge is 2.30. The number of unbranched alkanes of at least 4 members (excludes halogenated alkanes) is 1. The van der Waals surface area contributed by atoms with Gasteiger partial charge >= 0.3 is 17.9 Å². The van der Waals surface area contributed by atoms with Crippen molar-refractivity contribution in [3.63, 3.8) is 0 Å². The number of rotatable bonds is 12. The molecule has 5 aromatic carbocycles. The smallest absolute Gasteiger partial charge is 0.343 e. The standard InChI is InChI=1S/C47H42O8/c1-2-3-9-30-14-16-31(17-15-30)32-18-20-35(21-19-32)46(51)55-42(33-10-5-4-6-11-33)29-53-45(50)34-22-25-37(26-23-34)54-47(52)36-24-27-40-41(28-36)44(49)39-13-8-7-12-38(39)43(40)48/h4-8,10-13,18-28,30-31,42H,2-3,9,14-17,29H2,1H3. The highest BCUT2D eigenvalue weighted by molar-refractivity contribution is 6.28. The zero-order valence-corrected chi connectivity index (χ0v) is 30.7. The van der Waals surface area contributed by atoms with Gasteiger partial charge in [-0.3, -0.25) is 9.59 Å². The van der Waals surface area contributed by atoms with E-state index >= 15 is 0 Å². The van der Waals surface area contributed by atoms with Gasteiger partial charge in [0.05, 0.1) is 16.7 Å². The molecule has 0 saturated heterocycles. The Morgan fingerprint density at radius 1 is 0.618 bits per heavy atom. The van der Waals surface area contributed by atoms with Crippen LogP contribution in [-0.2, 0) is 9.47 Å². The van der Waals surface area contributed by atoms with Crippen molar-refractivity contribution in [2.75, 3.05) is 6.61 Å². The van der Waals surface area contributed by atoms with Gasteiger partial charge in [-0.1, -0.05) is 92.9 Å². The summed E-state index contributed by atoms with van der Waals surface area (Å²) in [7, 11) is 0. The largest absolute Gasteiger partial charge is 0.458 e. The van der Waals surface area contributed by atoms with Crippen LogP contribution in [0.1, 0.15) is 138 Å². The molecular formula is C47H42O8. The van der Waals surface area contributed by atoms with Crippen LogP contribution in [-0.4, -0.2) is 36.1 Å². The maximum absolute atomic E-state index is 13.3. The molecule has 8 heteroatoms. The Balaban J connectivity index is 0.949. The third kappa shape index (κ3) is 8.49. The number of benzene rings is 5. The number of hydrogen-bond acceptors (Lipinski definition) is 8. The van der Waals surface area contributed by atoms with E-state index in [1.807, 2.05) is 54.6 Å². The van der Waals surface area contributed by atoms with Gasteiger partial charge in [-0.15, -0.1) is 0 Å². The van der Waals surface area contributed by atoms with E-state index in [-0.39, 0.29) is 51.7 Å². The van der Waals surface area contributed by atoms with Crippen molar-refractivity contribution in [1.82, 2.24) is 0 Å². The molecule has 0 spiro atoms. The van der Waals surface area contributed by atoms with Crippen LogP contribution in [0, 0.1) is 5.92 Å². The minimum absolute atomic E-state index is 0.0975. The lowest BCUT2D eigenvalue weighted by molar-refractivity contribution is -0.00134. The van der Waals surface area contributed by atoms with Gasteiger partial charge in [-0.2, -0.15) is 0 Å². The summed E-state index contributed by atoms with van der Waals surface area (Å²) in [6.07, 6.45) is 7.87. The molecule has 2 aliphatic rings. The molecule has 0 radical (unpaired) electrons. The fourth-order valence-electron chi connectivity index (χ4n) is 7.52. The summed E-state index contributed by atoms with van der Waals surface area (Å²) in [5.74, 6) is -1.02. The number of carbonyl (C=O) groups is 5. The van der Waals surface area contributed by atoms with Crippen LogP contribution < -0.4 is 4.74 Å². The topological polar surface area (TPSA) is 113 Å². The van der Waals surface area contributed by atoms with Gasteiger partial charge in [0.25, 0.3) is 0 Å². The quantitative estimate of drug-likeness (QED) is 0.0902. The molecule has 0 aromatic heterocycles. The lowest BCUT2D eigenvalue weighted by atomic mass is 9.77. The van der Waals surface area contributed by atoms with Crippen molar-refractivity contribution in [3.05, 3.63) is 171 Å². The molecule has 55 heavy (non-hydrogen) atoms. The second-order valence-electron chi connectivity index (χ2n) is 14.3. The Bertz CT molecular complexity index is 2200. The lowest BCUT2D eigenvalue weighted by Gasteiger charge is -2.29. The van der Waals surface area contributed by atoms with Crippen molar-refractivity contribution in [2.45, 2.75) is 63.9 Å². The second kappa shape index (κ2) is 16.9. The fraction of sp³-hybridized carbons (Fsp3) is 0.255. The number of carbonyl (C=O) groups excluding carboxylic acids is 5. The minimum atomic E-state index is -0.844. The maximum atomic E-state index is 13.3. The molecule has 1 atom stereocenters. The number of ether oxygens (including phenoxy) is 3. The third-order valence-corrected chi connectivity index (χ3v) is 10.7. The Morgan fingerprint density at radius 3 is 1.87 bits per heavy atom. The van der Waals surface area contributed by atoms with Gasteiger partial charge in [-0.25, -0.2) is 14.4 Å². The predicted octanol–water partition coefficient (Wildman–Crippen LogP) is 9.90. The summed E-state index contributed by atoms with van der Waals surface area (Å²) >= 11 is 0. The molecule has 1 fully saturated rings. The highest BCUT2D eigenvalue weighted by Crippen LogP contribution is 2.38. The number of fused-ring (bicyclic) bond motifs is 2. The molecule has 0 amide bonds. The van der Waals surface area contributed by atoms with Crippen LogP contribution in [0.4, 0.5) is 0 Å². The van der Waals surface area contributed by atoms with Crippen LogP contribution in [0.25, 0.3) is 0 Å². The molecule has 0 heterocycles. The first kappa shape index (κ1) is 37.2. The van der Waals surface area contributed by atoms with Gasteiger partial charge in [0.1, 0.15) is 12.4 Å². The minimum Gasteiger partial charge on any atom is -0.458 e. The molecule has 1 unspecified atom stereocenters. The van der Waals surface area contributed by atoms with Crippen LogP contribution in [0.2, 0.25) is 0 Å². The van der Waals surface area contributed by atoms with E-state index in [0.29, 0.717) is 22.6 Å². The first-order valence-electron chi connectivity index (χ1n) is 19.0. The SMILES string of the molecule is CCCCC1CCC(c2ccc(C(=O)OC(COC(=O)c3ccc(OC(=O)c4ccc5c(c4)C(=O)c4ccccc4C5=O)cc3)c3ccccc3)cc2)CC1. The van der Waals surface area contributed by atoms with Crippen molar-refractivity contribution < 1.29 is 38.2 Å². The maximum Gasteiger partial charge on any atom is 0.343 e. The summed E-state index contributed by atoms with van der Waals surface area (Å²) in [6.45, 7) is 2.03. The van der Waals surface area contributed by atoms with Gasteiger partial charge in [0.15, 0.2) is 17.7 Å². The summed E-state index contributed by atoms with van der Waals surface area (Å²) in [5, 5.41) is 0. The summed E-state index contributed by atoms with van der Waals surface area (Å²) in [6, 6.07) is 33.5. The van der Waals surface area contributed by atoms with Gasteiger partial charge in [0, 0.05) is 22.3 Å². The molecule has 0 aliphatic heterocycles. The first-order chi connectivity index (χ1) is 26.8. The normalized spacial score (nSPS) is 16.7. The van der Waals surface area contributed by atoms with E-state index in [1.54, 1.807) is 24.3 Å². The van der Waals surface area contributed by atoms with Crippen LogP contribution in [0.15, 0.2) is 121 Å². The van der Waals surface area contributed by atoms with E-state index in [0.717, 1.165) is 5.92 Å². The second-order valence-corrected chi connectivity index (χ2v) is 14.3. The van der Waals surface area contributed by atoms with Gasteiger partial charge in [0.2, 0.25) is 0 Å². The predicted molar refractivity (Wildman–Crippen MR) is 207 cm³/mol. The van der Waals surface area contributed by atoms with Crippen molar-refractivity contribution in [2.24, 2.45) is 5.92 Å². The van der Waals surface area contributed by atoms with E-state index in [2.05, 4.69) is 6.92 Å². The Morgan fingerprint density at radius 2 is 1.20 bits per heavy atom. The van der Waals surface area contributed by atoms with E-state index in [1.165, 1.54) is 93.0 Å². The fourth-order valence-corrected chi connectivity index (χ4v) is 7.52. The lowest BCUT2D eigenvalue weighted by Crippen LogP contribution is -2.22. The number of esters is 3. The Kier molecular flexibility index (Phi) is 11.4. The van der Waals surface area contributed by atoms with E-state index < -0.39 is 24.0 Å². The van der Waals surface area contributed by atoms with Crippen LogP contribution in [0.5, 0.6) is 5.75 Å². The Hall–Kier alpha value is -6.15. The van der Waals surface area contributed by atoms with Crippen LogP contribution >= 0.6 is 0 Å². The summed E-state index contributed by atoms with van der Waals surface area (Å²) in [4.78, 5) is 65.5. The van der Waals surface area contributed by atoms with Crippen molar-refractivity contribution >= 4 is 29.5 Å². The molecule has 1 saturated carbocycles. The van der Waals surface area contributed by atoms with E-state index in [4.69, 9.17) is 14.2 Å². The molecule has 0 bridgehead atoms. The number of ketones is 2. The molecule has 0 N–H and O–H groups in total. The van der Waals surface area contributed by atoms with Gasteiger partial charge < -0.3 is 14.2 Å². The number of hydrogen-bond donors (Lipinski definition) is 0. The molecule has 5 aromatic rings. The average Bonchev–Trinajstić information content (AvgIpc) is 3.24. The van der Waals surface area contributed by atoms with E-state index in [9.17, 15) is 24.0 Å². The average molecular weight is 735 g/mol. The highest BCUT2D eigenvalue weighted by atomic mass is 16.6. The van der Waals surface area contributed by atoms with Gasteiger partial charge in [-0.05, 0) is 103 Å². The zero-order valence-electron chi connectivity index (χ0n) is 30.7. The first-order valence-corrected chi connectivity index (χ1v) is 19.0. The molecule has 2 aliphatic carbocycles. The zero-order chi connectivity index (χ0) is 38.3. The molecule has 7 rings (SSSR count). The van der Waals surface area contributed by atoms with Crippen molar-refractivity contribution in [3.8, 4) is 5.75 Å². The molecular weight excluding hydrogens is 693 g/mol. The third-order valence-electron chi connectivity index (χ3n) is 10.7. The Labute approximate surface area is 320 Å².